The molecule has 0 aromatic heterocycles. The van der Waals surface area contributed by atoms with Crippen LogP contribution in [0.15, 0.2) is 24.3 Å². The number of ketones is 1. The van der Waals surface area contributed by atoms with E-state index in [0.717, 1.165) is 19.4 Å². The second kappa shape index (κ2) is 8.52. The van der Waals surface area contributed by atoms with Crippen LogP contribution < -0.4 is 10.1 Å². The number of piperidine rings is 1. The molecule has 0 saturated carbocycles. The van der Waals surface area contributed by atoms with Crippen LogP contribution in [0.25, 0.3) is 0 Å². The average Bonchev–Trinajstić information content (AvgIpc) is 2.68. The van der Waals surface area contributed by atoms with E-state index in [2.05, 4.69) is 5.32 Å². The highest BCUT2D eigenvalue weighted by Gasteiger charge is 2.33. The number of hydrogen-bond acceptors (Lipinski definition) is 5. The standard InChI is InChI=1S/C20H27N3O4/c1-14(24)16-5-3-7-18(11-16)27-15(2)20(26)22-9-4-6-17(13-22)23-10-8-21-12-19(23)25/h3,5,7,11,15,17,21H,4,6,8-10,12-13H2,1-2H3. The molecule has 2 aliphatic rings. The molecule has 2 atom stereocenters. The molecule has 2 amide bonds. The van der Waals surface area contributed by atoms with Gasteiger partial charge in [0.15, 0.2) is 11.9 Å². The van der Waals surface area contributed by atoms with Crippen molar-refractivity contribution in [1.29, 1.82) is 0 Å². The lowest BCUT2D eigenvalue weighted by molar-refractivity contribution is -0.144. The molecule has 7 nitrogen and oxygen atoms in total. The third-order valence-electron chi connectivity index (χ3n) is 5.18. The first-order valence-electron chi connectivity index (χ1n) is 9.52. The fourth-order valence-electron chi connectivity index (χ4n) is 3.72. The van der Waals surface area contributed by atoms with Crippen molar-refractivity contribution in [2.45, 2.75) is 38.8 Å². The van der Waals surface area contributed by atoms with E-state index in [-0.39, 0.29) is 23.6 Å². The van der Waals surface area contributed by atoms with Crippen LogP contribution in [0.5, 0.6) is 5.75 Å². The minimum absolute atomic E-state index is 0.0426. The molecule has 2 unspecified atom stereocenters. The molecule has 0 radical (unpaired) electrons. The second-order valence-electron chi connectivity index (χ2n) is 7.19. The summed E-state index contributed by atoms with van der Waals surface area (Å²) in [6.07, 6.45) is 1.15. The smallest absolute Gasteiger partial charge is 0.263 e. The van der Waals surface area contributed by atoms with Gasteiger partial charge < -0.3 is 19.9 Å². The van der Waals surface area contributed by atoms with Gasteiger partial charge in [0.05, 0.1) is 6.54 Å². The van der Waals surface area contributed by atoms with E-state index >= 15 is 0 Å². The van der Waals surface area contributed by atoms with E-state index in [1.165, 1.54) is 6.92 Å². The SMILES string of the molecule is CC(=O)c1cccc(OC(C)C(=O)N2CCCC(N3CCNCC3=O)C2)c1. The van der Waals surface area contributed by atoms with Crippen LogP contribution in [0.2, 0.25) is 0 Å². The molecule has 2 heterocycles. The molecular weight excluding hydrogens is 346 g/mol. The lowest BCUT2D eigenvalue weighted by atomic mass is 10.0. The number of nitrogens with zero attached hydrogens (tertiary/aromatic N) is 2. The highest BCUT2D eigenvalue weighted by Crippen LogP contribution is 2.20. The minimum atomic E-state index is -0.648. The molecule has 2 fully saturated rings. The Morgan fingerprint density at radius 1 is 1.30 bits per heavy atom. The van der Waals surface area contributed by atoms with E-state index in [0.29, 0.717) is 37.5 Å². The van der Waals surface area contributed by atoms with Crippen LogP contribution >= 0.6 is 0 Å². The number of benzene rings is 1. The van der Waals surface area contributed by atoms with Gasteiger partial charge >= 0.3 is 0 Å². The van der Waals surface area contributed by atoms with Crippen molar-refractivity contribution in [2.24, 2.45) is 0 Å². The summed E-state index contributed by atoms with van der Waals surface area (Å²) in [6, 6.07) is 6.95. The maximum Gasteiger partial charge on any atom is 0.263 e. The van der Waals surface area contributed by atoms with Gasteiger partial charge in [-0.2, -0.15) is 0 Å². The molecule has 2 saturated heterocycles. The molecule has 27 heavy (non-hydrogen) atoms. The summed E-state index contributed by atoms with van der Waals surface area (Å²) >= 11 is 0. The molecule has 3 rings (SSSR count). The normalized spacial score (nSPS) is 21.7. The van der Waals surface area contributed by atoms with Crippen molar-refractivity contribution in [3.8, 4) is 5.75 Å². The number of rotatable bonds is 5. The number of piperazine rings is 1. The van der Waals surface area contributed by atoms with Gasteiger partial charge in [-0.05, 0) is 38.8 Å². The molecule has 0 spiro atoms. The Hall–Kier alpha value is -2.41. The van der Waals surface area contributed by atoms with Crippen molar-refractivity contribution < 1.29 is 19.1 Å². The first-order valence-corrected chi connectivity index (χ1v) is 9.52. The molecule has 1 aromatic carbocycles. The molecular formula is C20H27N3O4. The van der Waals surface area contributed by atoms with Gasteiger partial charge in [-0.1, -0.05) is 12.1 Å². The predicted octanol–water partition coefficient (Wildman–Crippen LogP) is 1.08. The molecule has 0 aliphatic carbocycles. The number of nitrogens with one attached hydrogen (secondary N) is 1. The fraction of sp³-hybridized carbons (Fsp3) is 0.550. The number of carbonyl (C=O) groups excluding carboxylic acids is 3. The number of Topliss-reactive ketones (excluding diaryl/α,β-unsaturated/α-hetero) is 1. The molecule has 0 bridgehead atoms. The lowest BCUT2D eigenvalue weighted by Crippen LogP contribution is -2.58. The van der Waals surface area contributed by atoms with Gasteiger partial charge in [-0.3, -0.25) is 14.4 Å². The van der Waals surface area contributed by atoms with E-state index in [9.17, 15) is 14.4 Å². The van der Waals surface area contributed by atoms with Crippen molar-refractivity contribution in [3.63, 3.8) is 0 Å². The first-order chi connectivity index (χ1) is 13.0. The maximum absolute atomic E-state index is 12.8. The number of ether oxygens (including phenoxy) is 1. The summed E-state index contributed by atoms with van der Waals surface area (Å²) in [5.41, 5.74) is 0.558. The van der Waals surface area contributed by atoms with Gasteiger partial charge in [0, 0.05) is 37.8 Å². The summed E-state index contributed by atoms with van der Waals surface area (Å²) in [5.74, 6) is 0.481. The van der Waals surface area contributed by atoms with Gasteiger partial charge in [-0.15, -0.1) is 0 Å². The Morgan fingerprint density at radius 2 is 2.11 bits per heavy atom. The zero-order valence-electron chi connectivity index (χ0n) is 15.9. The van der Waals surface area contributed by atoms with E-state index < -0.39 is 6.10 Å². The Labute approximate surface area is 159 Å². The summed E-state index contributed by atoms with van der Waals surface area (Å²) in [7, 11) is 0. The molecule has 146 valence electrons. The topological polar surface area (TPSA) is 79.0 Å². The number of amides is 2. The van der Waals surface area contributed by atoms with Crippen molar-refractivity contribution >= 4 is 17.6 Å². The zero-order chi connectivity index (χ0) is 19.4. The van der Waals surface area contributed by atoms with Gasteiger partial charge in [0.1, 0.15) is 5.75 Å². The highest BCUT2D eigenvalue weighted by molar-refractivity contribution is 5.94. The quantitative estimate of drug-likeness (QED) is 0.782. The summed E-state index contributed by atoms with van der Waals surface area (Å²) in [6.45, 7) is 6.30. The van der Waals surface area contributed by atoms with E-state index in [4.69, 9.17) is 4.74 Å². The summed E-state index contributed by atoms with van der Waals surface area (Å²) < 4.78 is 5.79. The highest BCUT2D eigenvalue weighted by atomic mass is 16.5. The van der Waals surface area contributed by atoms with Crippen LogP contribution in [-0.4, -0.2) is 72.3 Å². The largest absolute Gasteiger partial charge is 0.481 e. The minimum Gasteiger partial charge on any atom is -0.481 e. The number of hydrogen-bond donors (Lipinski definition) is 1. The Morgan fingerprint density at radius 3 is 2.85 bits per heavy atom. The molecule has 2 aliphatic heterocycles. The fourth-order valence-corrected chi connectivity index (χ4v) is 3.72. The van der Waals surface area contributed by atoms with Crippen molar-refractivity contribution in [3.05, 3.63) is 29.8 Å². The van der Waals surface area contributed by atoms with E-state index in [1.54, 1.807) is 36.1 Å². The lowest BCUT2D eigenvalue weighted by Gasteiger charge is -2.41. The predicted molar refractivity (Wildman–Crippen MR) is 101 cm³/mol. The van der Waals surface area contributed by atoms with Crippen LogP contribution in [0.4, 0.5) is 0 Å². The second-order valence-corrected chi connectivity index (χ2v) is 7.19. The summed E-state index contributed by atoms with van der Waals surface area (Å²) in [4.78, 5) is 40.2. The number of carbonyl (C=O) groups is 3. The Bertz CT molecular complexity index is 721. The third-order valence-corrected chi connectivity index (χ3v) is 5.18. The Kier molecular flexibility index (Phi) is 6.11. The molecule has 1 aromatic rings. The van der Waals surface area contributed by atoms with Gasteiger partial charge in [-0.25, -0.2) is 0 Å². The van der Waals surface area contributed by atoms with Crippen LogP contribution in [0, 0.1) is 0 Å². The van der Waals surface area contributed by atoms with Gasteiger partial charge in [0.25, 0.3) is 5.91 Å². The van der Waals surface area contributed by atoms with Crippen LogP contribution in [0.3, 0.4) is 0 Å². The third kappa shape index (κ3) is 4.66. The van der Waals surface area contributed by atoms with Crippen LogP contribution in [0.1, 0.15) is 37.0 Å². The van der Waals surface area contributed by atoms with Crippen LogP contribution in [-0.2, 0) is 9.59 Å². The summed E-state index contributed by atoms with van der Waals surface area (Å²) in [5, 5.41) is 3.08. The molecule has 7 heteroatoms. The van der Waals surface area contributed by atoms with Crippen molar-refractivity contribution in [1.82, 2.24) is 15.1 Å². The van der Waals surface area contributed by atoms with E-state index in [1.807, 2.05) is 4.90 Å². The zero-order valence-corrected chi connectivity index (χ0v) is 15.9. The van der Waals surface area contributed by atoms with Gasteiger partial charge in [0.2, 0.25) is 5.91 Å². The average molecular weight is 373 g/mol. The van der Waals surface area contributed by atoms with Crippen molar-refractivity contribution in [2.75, 3.05) is 32.7 Å². The number of likely N-dealkylation sites (tertiary alicyclic amines) is 1. The monoisotopic (exact) mass is 373 g/mol. The maximum atomic E-state index is 12.8. The molecule has 1 N–H and O–H groups in total. The Balaban J connectivity index is 1.61. The first kappa shape index (κ1) is 19.4.